The van der Waals surface area contributed by atoms with Gasteiger partial charge in [0.2, 0.25) is 0 Å². The molecule has 6 heteroatoms. The van der Waals surface area contributed by atoms with E-state index in [4.69, 9.17) is 0 Å². The van der Waals surface area contributed by atoms with Crippen molar-refractivity contribution < 1.29 is 0 Å². The van der Waals surface area contributed by atoms with Crippen LogP contribution in [0.3, 0.4) is 0 Å². The third-order valence-corrected chi connectivity index (χ3v) is 7.70. The highest BCUT2D eigenvalue weighted by Crippen LogP contribution is 2.41. The van der Waals surface area contributed by atoms with Gasteiger partial charge in [0.1, 0.15) is 11.6 Å². The molecule has 0 unspecified atom stereocenters. The average molecular weight is 545 g/mol. The number of hydrogen-bond acceptors (Lipinski definition) is 6. The lowest BCUT2D eigenvalue weighted by molar-refractivity contribution is 1.16. The SMILES string of the molecule is Cc1c2ccc(N(c3cccnc3)c3ccccn3)cc2c(C)c2ccc(N(c3cccnc3)c3ccccn3)cc12. The predicted molar refractivity (Wildman–Crippen MR) is 171 cm³/mol. The highest BCUT2D eigenvalue weighted by molar-refractivity contribution is 6.08. The first-order valence-corrected chi connectivity index (χ1v) is 13.9. The summed E-state index contributed by atoms with van der Waals surface area (Å²) in [5, 5.41) is 4.87. The average Bonchev–Trinajstić information content (AvgIpc) is 3.06. The molecule has 0 amide bonds. The van der Waals surface area contributed by atoms with Gasteiger partial charge >= 0.3 is 0 Å². The first kappa shape index (κ1) is 25.4. The Kier molecular flexibility index (Phi) is 6.49. The molecule has 4 aromatic heterocycles. The minimum atomic E-state index is 0.842. The largest absolute Gasteiger partial charge is 0.293 e. The normalized spacial score (nSPS) is 11.1. The van der Waals surface area contributed by atoms with Gasteiger partial charge in [-0.3, -0.25) is 19.8 Å². The lowest BCUT2D eigenvalue weighted by atomic mass is 9.92. The minimum Gasteiger partial charge on any atom is -0.293 e. The second-order valence-electron chi connectivity index (χ2n) is 10.2. The molecule has 7 aromatic rings. The van der Waals surface area contributed by atoms with Crippen molar-refractivity contribution in [2.75, 3.05) is 9.80 Å². The highest BCUT2D eigenvalue weighted by atomic mass is 15.2. The van der Waals surface area contributed by atoms with Gasteiger partial charge in [-0.2, -0.15) is 0 Å². The molecule has 0 atom stereocenters. The summed E-state index contributed by atoms with van der Waals surface area (Å²) in [6.45, 7) is 4.42. The van der Waals surface area contributed by atoms with Gasteiger partial charge in [-0.1, -0.05) is 24.3 Å². The van der Waals surface area contributed by atoms with Crippen molar-refractivity contribution in [3.8, 4) is 0 Å². The maximum Gasteiger partial charge on any atom is 0.137 e. The van der Waals surface area contributed by atoms with Gasteiger partial charge in [-0.05, 0) is 119 Å². The van der Waals surface area contributed by atoms with E-state index in [-0.39, 0.29) is 0 Å². The van der Waals surface area contributed by atoms with Crippen LogP contribution >= 0.6 is 0 Å². The number of fused-ring (bicyclic) bond motifs is 2. The number of benzene rings is 3. The predicted octanol–water partition coefficient (Wildman–Crippen LogP) is 9.13. The van der Waals surface area contributed by atoms with Gasteiger partial charge < -0.3 is 0 Å². The third kappa shape index (κ3) is 4.49. The van der Waals surface area contributed by atoms with Crippen LogP contribution in [0, 0.1) is 13.8 Å². The molecular formula is C36H28N6. The van der Waals surface area contributed by atoms with Crippen LogP contribution < -0.4 is 9.80 Å². The fourth-order valence-electron chi connectivity index (χ4n) is 5.68. The van der Waals surface area contributed by atoms with Crippen LogP contribution in [0.15, 0.2) is 134 Å². The summed E-state index contributed by atoms with van der Waals surface area (Å²) in [6, 6.07) is 33.3. The zero-order valence-electron chi connectivity index (χ0n) is 23.4. The van der Waals surface area contributed by atoms with Gasteiger partial charge in [-0.25, -0.2) is 9.97 Å². The standard InChI is InChI=1S/C36H28N6/c1-25-31-15-13-28(42(30-10-8-18-38-24-30)36-12-4-6-20-40-36)22-34(31)26(2)32-16-14-27(21-33(25)32)41(29-9-7-17-37-23-29)35-11-3-5-19-39-35/h3-24H,1-2H3. The number of pyridine rings is 4. The Hall–Kier alpha value is -5.62. The van der Waals surface area contributed by atoms with Gasteiger partial charge in [0.05, 0.1) is 23.8 Å². The first-order chi connectivity index (χ1) is 20.7. The van der Waals surface area contributed by atoms with Gasteiger partial charge in [0, 0.05) is 36.2 Å². The molecule has 42 heavy (non-hydrogen) atoms. The van der Waals surface area contributed by atoms with Crippen molar-refractivity contribution in [1.29, 1.82) is 0 Å². The number of aromatic nitrogens is 4. The number of nitrogens with zero attached hydrogens (tertiary/aromatic N) is 6. The molecule has 0 spiro atoms. The van der Waals surface area contributed by atoms with E-state index in [2.05, 4.69) is 92.1 Å². The zero-order chi connectivity index (χ0) is 28.5. The van der Waals surface area contributed by atoms with Crippen molar-refractivity contribution in [2.24, 2.45) is 0 Å². The van der Waals surface area contributed by atoms with Crippen molar-refractivity contribution >= 4 is 55.9 Å². The van der Waals surface area contributed by atoms with Gasteiger partial charge in [0.25, 0.3) is 0 Å². The summed E-state index contributed by atoms with van der Waals surface area (Å²) in [6.07, 6.45) is 11.0. The molecule has 0 fully saturated rings. The summed E-state index contributed by atoms with van der Waals surface area (Å²) in [5.74, 6) is 1.68. The monoisotopic (exact) mass is 544 g/mol. The molecule has 202 valence electrons. The van der Waals surface area contributed by atoms with Crippen molar-refractivity contribution in [1.82, 2.24) is 19.9 Å². The van der Waals surface area contributed by atoms with E-state index in [1.807, 2.05) is 73.3 Å². The molecule has 6 nitrogen and oxygen atoms in total. The maximum absolute atomic E-state index is 4.66. The first-order valence-electron chi connectivity index (χ1n) is 13.9. The molecule has 7 rings (SSSR count). The Morgan fingerprint density at radius 2 is 0.905 bits per heavy atom. The third-order valence-electron chi connectivity index (χ3n) is 7.70. The molecule has 0 bridgehead atoms. The second kappa shape index (κ2) is 10.7. The molecule has 0 aliphatic heterocycles. The fourth-order valence-corrected chi connectivity index (χ4v) is 5.68. The quantitative estimate of drug-likeness (QED) is 0.195. The summed E-state index contributed by atoms with van der Waals surface area (Å²) in [7, 11) is 0. The Morgan fingerprint density at radius 1 is 0.429 bits per heavy atom. The van der Waals surface area contributed by atoms with E-state index in [1.54, 1.807) is 12.4 Å². The van der Waals surface area contributed by atoms with Crippen molar-refractivity contribution in [3.05, 3.63) is 145 Å². The maximum atomic E-state index is 4.66. The van der Waals surface area contributed by atoms with Gasteiger partial charge in [-0.15, -0.1) is 0 Å². The summed E-state index contributed by atoms with van der Waals surface area (Å²) >= 11 is 0. The van der Waals surface area contributed by atoms with Crippen LogP contribution in [0.2, 0.25) is 0 Å². The van der Waals surface area contributed by atoms with Crippen LogP contribution in [-0.4, -0.2) is 19.9 Å². The molecular weight excluding hydrogens is 516 g/mol. The molecule has 0 saturated heterocycles. The lowest BCUT2D eigenvalue weighted by Gasteiger charge is -2.26. The zero-order valence-corrected chi connectivity index (χ0v) is 23.4. The Bertz CT molecular complexity index is 1770. The van der Waals surface area contributed by atoms with E-state index >= 15 is 0 Å². The molecule has 3 aromatic carbocycles. The lowest BCUT2D eigenvalue weighted by Crippen LogP contribution is -2.12. The molecule has 0 aliphatic rings. The van der Waals surface area contributed by atoms with Crippen LogP contribution in [-0.2, 0) is 0 Å². The summed E-state index contributed by atoms with van der Waals surface area (Å²) in [5.41, 5.74) is 6.45. The highest BCUT2D eigenvalue weighted by Gasteiger charge is 2.18. The van der Waals surface area contributed by atoms with E-state index in [9.17, 15) is 0 Å². The molecule has 0 N–H and O–H groups in total. The van der Waals surface area contributed by atoms with Crippen molar-refractivity contribution in [2.45, 2.75) is 13.8 Å². The van der Waals surface area contributed by atoms with Crippen LogP contribution in [0.1, 0.15) is 11.1 Å². The molecule has 0 saturated carbocycles. The minimum absolute atomic E-state index is 0.842. The Morgan fingerprint density at radius 3 is 1.29 bits per heavy atom. The molecule has 0 radical (unpaired) electrons. The van der Waals surface area contributed by atoms with Gasteiger partial charge in [0.15, 0.2) is 0 Å². The number of hydrogen-bond donors (Lipinski definition) is 0. The van der Waals surface area contributed by atoms with E-state index < -0.39 is 0 Å². The molecule has 4 heterocycles. The van der Waals surface area contributed by atoms with E-state index in [0.717, 1.165) is 34.4 Å². The smallest absolute Gasteiger partial charge is 0.137 e. The number of rotatable bonds is 6. The Balaban J connectivity index is 1.40. The molecule has 0 aliphatic carbocycles. The summed E-state index contributed by atoms with van der Waals surface area (Å²) < 4.78 is 0. The Labute approximate surface area is 244 Å². The van der Waals surface area contributed by atoms with Crippen LogP contribution in [0.25, 0.3) is 21.5 Å². The summed E-state index contributed by atoms with van der Waals surface area (Å²) in [4.78, 5) is 22.4. The number of aryl methyl sites for hydroxylation is 2. The van der Waals surface area contributed by atoms with E-state index in [1.165, 1.54) is 32.7 Å². The second-order valence-corrected chi connectivity index (χ2v) is 10.2. The van der Waals surface area contributed by atoms with Crippen LogP contribution in [0.4, 0.5) is 34.4 Å². The van der Waals surface area contributed by atoms with E-state index in [0.29, 0.717) is 0 Å². The fraction of sp³-hybridized carbons (Fsp3) is 0.0556. The number of anilines is 6. The van der Waals surface area contributed by atoms with Crippen LogP contribution in [0.5, 0.6) is 0 Å². The van der Waals surface area contributed by atoms with Crippen molar-refractivity contribution in [3.63, 3.8) is 0 Å². The topological polar surface area (TPSA) is 58.0 Å².